The number of ether oxygens (including phenoxy) is 2. The van der Waals surface area contributed by atoms with E-state index >= 15 is 0 Å². The van der Waals surface area contributed by atoms with Crippen molar-refractivity contribution in [1.29, 1.82) is 0 Å². The first-order valence-electron chi connectivity index (χ1n) is 7.61. The van der Waals surface area contributed by atoms with Crippen LogP contribution in [0, 0.1) is 0 Å². The lowest BCUT2D eigenvalue weighted by Gasteiger charge is -2.12. The van der Waals surface area contributed by atoms with Crippen molar-refractivity contribution in [2.45, 2.75) is 6.36 Å². The monoisotopic (exact) mass is 394 g/mol. The van der Waals surface area contributed by atoms with E-state index < -0.39 is 12.1 Å². The number of alkyl halides is 3. The van der Waals surface area contributed by atoms with Gasteiger partial charge in [-0.15, -0.1) is 18.3 Å². The highest BCUT2D eigenvalue weighted by atomic mass is 35.5. The molecular weight excluding hydrogens is 385 g/mol. The summed E-state index contributed by atoms with van der Waals surface area (Å²) in [5.74, 6) is -0.269. The number of fused-ring (bicyclic) bond motifs is 3. The average Bonchev–Trinajstić information content (AvgIpc) is 3.06. The van der Waals surface area contributed by atoms with Crippen molar-refractivity contribution in [2.75, 3.05) is 7.11 Å². The van der Waals surface area contributed by atoms with Gasteiger partial charge in [0.1, 0.15) is 11.5 Å². The topological polar surface area (TPSA) is 61.5 Å². The highest BCUT2D eigenvalue weighted by molar-refractivity contribution is 6.29. The quantitative estimate of drug-likeness (QED) is 0.479. The van der Waals surface area contributed by atoms with Crippen molar-refractivity contribution in [1.82, 2.24) is 19.6 Å². The summed E-state index contributed by atoms with van der Waals surface area (Å²) < 4.78 is 48.8. The Kier molecular flexibility index (Phi) is 4.03. The fourth-order valence-electron chi connectivity index (χ4n) is 2.66. The largest absolute Gasteiger partial charge is 0.573 e. The molecule has 0 aliphatic heterocycles. The van der Waals surface area contributed by atoms with Crippen LogP contribution < -0.4 is 9.47 Å². The predicted molar refractivity (Wildman–Crippen MR) is 92.0 cm³/mol. The van der Waals surface area contributed by atoms with Crippen LogP contribution in [0.4, 0.5) is 13.2 Å². The number of benzene rings is 2. The molecule has 4 rings (SSSR count). The Morgan fingerprint density at radius 1 is 1.07 bits per heavy atom. The molecule has 2 aromatic carbocycles. The molecule has 0 N–H and O–H groups in total. The van der Waals surface area contributed by atoms with Gasteiger partial charge in [-0.3, -0.25) is 0 Å². The Morgan fingerprint density at radius 3 is 2.59 bits per heavy atom. The van der Waals surface area contributed by atoms with Gasteiger partial charge in [0.25, 0.3) is 0 Å². The third-order valence-corrected chi connectivity index (χ3v) is 4.04. The number of halogens is 4. The molecule has 2 heterocycles. The molecule has 4 aromatic rings. The Labute approximate surface area is 155 Å². The van der Waals surface area contributed by atoms with E-state index in [0.717, 1.165) is 6.07 Å². The Bertz CT molecular complexity index is 1160. The van der Waals surface area contributed by atoms with Gasteiger partial charge in [0, 0.05) is 11.5 Å². The van der Waals surface area contributed by atoms with Crippen LogP contribution in [-0.4, -0.2) is 33.1 Å². The SMILES string of the molecule is COc1ccc(-c2nc3c4ccccc4nc(Cl)n3n2)c(OC(F)(F)F)c1. The maximum Gasteiger partial charge on any atom is 0.573 e. The summed E-state index contributed by atoms with van der Waals surface area (Å²) in [6, 6.07) is 11.1. The van der Waals surface area contributed by atoms with Gasteiger partial charge in [-0.25, -0.2) is 9.97 Å². The molecule has 10 heteroatoms. The van der Waals surface area contributed by atoms with Gasteiger partial charge in [0.2, 0.25) is 5.28 Å². The van der Waals surface area contributed by atoms with E-state index in [1.54, 1.807) is 24.3 Å². The van der Waals surface area contributed by atoms with Gasteiger partial charge in [-0.1, -0.05) is 12.1 Å². The fourth-order valence-corrected chi connectivity index (χ4v) is 2.87. The third kappa shape index (κ3) is 3.21. The summed E-state index contributed by atoms with van der Waals surface area (Å²) in [6.45, 7) is 0. The number of hydrogen-bond donors (Lipinski definition) is 0. The molecule has 0 atom stereocenters. The molecule has 138 valence electrons. The molecule has 0 saturated carbocycles. The van der Waals surface area contributed by atoms with Gasteiger partial charge in [0.05, 0.1) is 18.2 Å². The van der Waals surface area contributed by atoms with Gasteiger partial charge in [0.15, 0.2) is 11.5 Å². The minimum Gasteiger partial charge on any atom is -0.497 e. The van der Waals surface area contributed by atoms with E-state index in [4.69, 9.17) is 16.3 Å². The number of hydrogen-bond acceptors (Lipinski definition) is 5. The minimum absolute atomic E-state index is 0.0111. The predicted octanol–water partition coefficient (Wildman–Crippen LogP) is 4.51. The minimum atomic E-state index is -4.88. The van der Waals surface area contributed by atoms with Crippen LogP contribution in [0.2, 0.25) is 5.28 Å². The Morgan fingerprint density at radius 2 is 1.85 bits per heavy atom. The highest BCUT2D eigenvalue weighted by Gasteiger charge is 2.33. The number of nitrogens with zero attached hydrogens (tertiary/aromatic N) is 4. The molecule has 2 aromatic heterocycles. The smallest absolute Gasteiger partial charge is 0.497 e. The Balaban J connectivity index is 1.94. The van der Waals surface area contributed by atoms with Crippen molar-refractivity contribution in [3.8, 4) is 22.9 Å². The highest BCUT2D eigenvalue weighted by Crippen LogP contribution is 2.36. The second-order valence-electron chi connectivity index (χ2n) is 5.48. The van der Waals surface area contributed by atoms with E-state index in [-0.39, 0.29) is 22.4 Å². The molecular formula is C17H10ClF3N4O2. The molecule has 0 unspecified atom stereocenters. The van der Waals surface area contributed by atoms with Crippen LogP contribution in [0.5, 0.6) is 11.5 Å². The molecule has 0 radical (unpaired) electrons. The summed E-state index contributed by atoms with van der Waals surface area (Å²) in [7, 11) is 1.34. The summed E-state index contributed by atoms with van der Waals surface area (Å²) in [5.41, 5.74) is 1.00. The maximum atomic E-state index is 12.8. The van der Waals surface area contributed by atoms with E-state index in [0.29, 0.717) is 16.6 Å². The van der Waals surface area contributed by atoms with Crippen LogP contribution in [-0.2, 0) is 0 Å². The fraction of sp³-hybridized carbons (Fsp3) is 0.118. The molecule has 0 aliphatic carbocycles. The van der Waals surface area contributed by atoms with Crippen LogP contribution >= 0.6 is 11.6 Å². The molecule has 0 bridgehead atoms. The zero-order valence-corrected chi connectivity index (χ0v) is 14.4. The molecule has 0 amide bonds. The average molecular weight is 395 g/mol. The molecule has 0 spiro atoms. The number of aromatic nitrogens is 4. The first kappa shape index (κ1) is 17.3. The van der Waals surface area contributed by atoms with Gasteiger partial charge >= 0.3 is 6.36 Å². The molecule has 0 fully saturated rings. The van der Waals surface area contributed by atoms with E-state index in [9.17, 15) is 13.2 Å². The molecule has 0 saturated heterocycles. The molecule has 27 heavy (non-hydrogen) atoms. The first-order chi connectivity index (χ1) is 12.9. The van der Waals surface area contributed by atoms with Gasteiger partial charge in [-0.05, 0) is 35.9 Å². The van der Waals surface area contributed by atoms with Crippen LogP contribution in [0.1, 0.15) is 0 Å². The van der Waals surface area contributed by atoms with Gasteiger partial charge < -0.3 is 9.47 Å². The summed E-state index contributed by atoms with van der Waals surface area (Å²) in [4.78, 5) is 8.57. The van der Waals surface area contributed by atoms with Crippen molar-refractivity contribution < 1.29 is 22.6 Å². The second kappa shape index (κ2) is 6.27. The zero-order chi connectivity index (χ0) is 19.2. The lowest BCUT2D eigenvalue weighted by atomic mass is 10.2. The van der Waals surface area contributed by atoms with Crippen molar-refractivity contribution in [2.24, 2.45) is 0 Å². The number of rotatable bonds is 3. The van der Waals surface area contributed by atoms with Crippen molar-refractivity contribution >= 4 is 28.2 Å². The molecule has 0 aliphatic rings. The summed E-state index contributed by atoms with van der Waals surface area (Å²) >= 11 is 6.15. The third-order valence-electron chi connectivity index (χ3n) is 3.79. The van der Waals surface area contributed by atoms with Crippen molar-refractivity contribution in [3.63, 3.8) is 0 Å². The van der Waals surface area contributed by atoms with Crippen LogP contribution in [0.15, 0.2) is 42.5 Å². The van der Waals surface area contributed by atoms with E-state index in [1.807, 2.05) is 0 Å². The van der Waals surface area contributed by atoms with Crippen LogP contribution in [0.25, 0.3) is 27.9 Å². The van der Waals surface area contributed by atoms with Crippen LogP contribution in [0.3, 0.4) is 0 Å². The Hall–Kier alpha value is -3.07. The van der Waals surface area contributed by atoms with E-state index in [1.165, 1.54) is 23.8 Å². The second-order valence-corrected chi connectivity index (χ2v) is 5.82. The molecule has 6 nitrogen and oxygen atoms in total. The summed E-state index contributed by atoms with van der Waals surface area (Å²) in [6.07, 6.45) is -4.88. The normalized spacial score (nSPS) is 11.9. The lowest BCUT2D eigenvalue weighted by molar-refractivity contribution is -0.274. The van der Waals surface area contributed by atoms with E-state index in [2.05, 4.69) is 19.8 Å². The first-order valence-corrected chi connectivity index (χ1v) is 7.99. The lowest BCUT2D eigenvalue weighted by Crippen LogP contribution is -2.17. The number of methoxy groups -OCH3 is 1. The standard InChI is InChI=1S/C17H10ClF3N4O2/c1-26-9-6-7-11(13(8-9)27-17(19,20)21)14-23-15-10-4-2-3-5-12(10)22-16(18)25(15)24-14/h2-8H,1H3. The van der Waals surface area contributed by atoms with Gasteiger partial charge in [-0.2, -0.15) is 4.52 Å². The van der Waals surface area contributed by atoms with Crippen molar-refractivity contribution in [3.05, 3.63) is 47.7 Å². The summed E-state index contributed by atoms with van der Waals surface area (Å²) in [5, 5.41) is 4.90. The zero-order valence-electron chi connectivity index (χ0n) is 13.7. The number of para-hydroxylation sites is 1. The maximum absolute atomic E-state index is 12.8.